The first kappa shape index (κ1) is 18.0. The summed E-state index contributed by atoms with van der Waals surface area (Å²) in [6.07, 6.45) is 6.94. The van der Waals surface area contributed by atoms with Gasteiger partial charge in [-0.1, -0.05) is 6.07 Å². The number of aromatic amines is 1. The summed E-state index contributed by atoms with van der Waals surface area (Å²) in [7, 11) is 0. The van der Waals surface area contributed by atoms with Gasteiger partial charge in [0.1, 0.15) is 5.82 Å². The molecule has 28 heavy (non-hydrogen) atoms. The normalized spacial score (nSPS) is 16.8. The molecule has 2 amide bonds. The lowest BCUT2D eigenvalue weighted by molar-refractivity contribution is 0.246. The number of anilines is 2. The van der Waals surface area contributed by atoms with Crippen LogP contribution in [-0.2, 0) is 0 Å². The Kier molecular flexibility index (Phi) is 4.92. The Morgan fingerprint density at radius 2 is 2.18 bits per heavy atom. The Balaban J connectivity index is 1.41. The van der Waals surface area contributed by atoms with E-state index in [4.69, 9.17) is 0 Å². The van der Waals surface area contributed by atoms with Gasteiger partial charge in [0.2, 0.25) is 5.56 Å². The third kappa shape index (κ3) is 3.95. The number of rotatable bonds is 3. The molecule has 8 heteroatoms. The first-order valence-corrected chi connectivity index (χ1v) is 9.31. The molecule has 4 rings (SSSR count). The van der Waals surface area contributed by atoms with Crippen molar-refractivity contribution in [1.82, 2.24) is 20.3 Å². The van der Waals surface area contributed by atoms with E-state index in [9.17, 15) is 9.59 Å². The van der Waals surface area contributed by atoms with Crippen LogP contribution in [0.5, 0.6) is 0 Å². The number of hydrogen-bond acceptors (Lipinski definition) is 5. The zero-order chi connectivity index (χ0) is 19.5. The standard InChI is InChI=1S/C20H22N6O2/c1-13-9-19(27)25-17-10-14(4-5-16(13)17)23-20(28)24-15-3-2-8-26(12-15)18-11-21-6-7-22-18/h4-7,9-11,15H,2-3,8,12H2,1H3,(H,25,27)(H2,23,24,28)/t15-/m0/s1. The summed E-state index contributed by atoms with van der Waals surface area (Å²) < 4.78 is 0. The molecule has 0 spiro atoms. The van der Waals surface area contributed by atoms with E-state index in [-0.39, 0.29) is 17.6 Å². The maximum atomic E-state index is 12.5. The highest BCUT2D eigenvalue weighted by molar-refractivity contribution is 5.93. The van der Waals surface area contributed by atoms with Crippen molar-refractivity contribution in [3.63, 3.8) is 0 Å². The van der Waals surface area contributed by atoms with Gasteiger partial charge in [0, 0.05) is 48.7 Å². The molecule has 3 heterocycles. The lowest BCUT2D eigenvalue weighted by atomic mass is 10.1. The van der Waals surface area contributed by atoms with Crippen molar-refractivity contribution >= 4 is 28.4 Å². The molecule has 0 bridgehead atoms. The Labute approximate surface area is 162 Å². The molecule has 1 aromatic carbocycles. The molecule has 3 N–H and O–H groups in total. The van der Waals surface area contributed by atoms with E-state index in [1.54, 1.807) is 30.7 Å². The molecule has 0 radical (unpaired) electrons. The molecule has 0 unspecified atom stereocenters. The second-order valence-corrected chi connectivity index (χ2v) is 7.02. The number of aryl methyl sites for hydroxylation is 1. The van der Waals surface area contributed by atoms with Gasteiger partial charge >= 0.3 is 6.03 Å². The van der Waals surface area contributed by atoms with E-state index >= 15 is 0 Å². The predicted octanol–water partition coefficient (Wildman–Crippen LogP) is 2.42. The number of nitrogens with one attached hydrogen (secondary N) is 3. The molecule has 8 nitrogen and oxygen atoms in total. The van der Waals surface area contributed by atoms with Gasteiger partial charge in [0.15, 0.2) is 0 Å². The number of fused-ring (bicyclic) bond motifs is 1. The molecule has 0 aliphatic carbocycles. The fourth-order valence-electron chi connectivity index (χ4n) is 3.62. The third-order valence-electron chi connectivity index (χ3n) is 4.94. The van der Waals surface area contributed by atoms with E-state index in [0.29, 0.717) is 17.7 Å². The van der Waals surface area contributed by atoms with Gasteiger partial charge in [-0.05, 0) is 37.5 Å². The predicted molar refractivity (Wildman–Crippen MR) is 109 cm³/mol. The summed E-state index contributed by atoms with van der Waals surface area (Å²) in [6.45, 7) is 3.48. The third-order valence-corrected chi connectivity index (χ3v) is 4.94. The van der Waals surface area contributed by atoms with Crippen LogP contribution in [0.15, 0.2) is 47.7 Å². The Bertz CT molecular complexity index is 1050. The van der Waals surface area contributed by atoms with Gasteiger partial charge < -0.3 is 20.5 Å². The monoisotopic (exact) mass is 378 g/mol. The number of carbonyl (C=O) groups is 1. The lowest BCUT2D eigenvalue weighted by Gasteiger charge is -2.33. The topological polar surface area (TPSA) is 103 Å². The average Bonchev–Trinajstić information content (AvgIpc) is 2.68. The molecular formula is C20H22N6O2. The van der Waals surface area contributed by atoms with Crippen molar-refractivity contribution < 1.29 is 4.79 Å². The number of urea groups is 1. The summed E-state index contributed by atoms with van der Waals surface area (Å²) >= 11 is 0. The van der Waals surface area contributed by atoms with Crippen molar-refractivity contribution in [3.05, 3.63) is 58.8 Å². The minimum absolute atomic E-state index is 0.0262. The highest BCUT2D eigenvalue weighted by atomic mass is 16.2. The van der Waals surface area contributed by atoms with Gasteiger partial charge in [-0.3, -0.25) is 9.78 Å². The largest absolute Gasteiger partial charge is 0.353 e. The molecule has 1 aliphatic heterocycles. The van der Waals surface area contributed by atoms with Crippen LogP contribution in [0.25, 0.3) is 10.9 Å². The summed E-state index contributed by atoms with van der Waals surface area (Å²) in [4.78, 5) is 37.5. The quantitative estimate of drug-likeness (QED) is 0.649. The Morgan fingerprint density at radius 3 is 3.00 bits per heavy atom. The summed E-state index contributed by atoms with van der Waals surface area (Å²) in [5, 5.41) is 6.84. The van der Waals surface area contributed by atoms with Crippen molar-refractivity contribution in [2.45, 2.75) is 25.8 Å². The number of nitrogens with zero attached hydrogens (tertiary/aromatic N) is 3. The van der Waals surface area contributed by atoms with Crippen LogP contribution < -0.4 is 21.1 Å². The van der Waals surface area contributed by atoms with Crippen molar-refractivity contribution in [2.24, 2.45) is 0 Å². The summed E-state index contributed by atoms with van der Waals surface area (Å²) in [5.74, 6) is 0.822. The maximum Gasteiger partial charge on any atom is 0.319 e. The molecule has 1 saturated heterocycles. The van der Waals surface area contributed by atoms with Crippen LogP contribution in [0.3, 0.4) is 0 Å². The van der Waals surface area contributed by atoms with Crippen LogP contribution in [0.2, 0.25) is 0 Å². The van der Waals surface area contributed by atoms with Gasteiger partial charge in [-0.25, -0.2) is 9.78 Å². The van der Waals surface area contributed by atoms with E-state index in [1.165, 1.54) is 0 Å². The zero-order valence-corrected chi connectivity index (χ0v) is 15.6. The average molecular weight is 378 g/mol. The first-order chi connectivity index (χ1) is 13.6. The van der Waals surface area contributed by atoms with Gasteiger partial charge in [-0.2, -0.15) is 0 Å². The Morgan fingerprint density at radius 1 is 1.29 bits per heavy atom. The number of piperidine rings is 1. The number of carbonyl (C=O) groups excluding carboxylic acids is 1. The molecule has 2 aromatic heterocycles. The molecule has 3 aromatic rings. The highest BCUT2D eigenvalue weighted by Gasteiger charge is 2.22. The summed E-state index contributed by atoms with van der Waals surface area (Å²) in [6, 6.07) is 6.83. The van der Waals surface area contributed by atoms with Crippen molar-refractivity contribution in [2.75, 3.05) is 23.3 Å². The zero-order valence-electron chi connectivity index (χ0n) is 15.6. The SMILES string of the molecule is Cc1cc(=O)[nH]c2cc(NC(=O)N[C@H]3CCCN(c4cnccn4)C3)ccc12. The van der Waals surface area contributed by atoms with Crippen LogP contribution in [0, 0.1) is 6.92 Å². The second-order valence-electron chi connectivity index (χ2n) is 7.02. The van der Waals surface area contributed by atoms with Crippen LogP contribution >= 0.6 is 0 Å². The number of H-pyrrole nitrogens is 1. The lowest BCUT2D eigenvalue weighted by Crippen LogP contribution is -2.49. The van der Waals surface area contributed by atoms with Gasteiger partial charge in [-0.15, -0.1) is 0 Å². The van der Waals surface area contributed by atoms with Crippen molar-refractivity contribution in [1.29, 1.82) is 0 Å². The fraction of sp³-hybridized carbons (Fsp3) is 0.300. The Hall–Kier alpha value is -3.42. The second kappa shape index (κ2) is 7.67. The number of amides is 2. The number of aromatic nitrogens is 3. The van der Waals surface area contributed by atoms with Gasteiger partial charge in [0.25, 0.3) is 0 Å². The molecule has 1 aliphatic rings. The van der Waals surface area contributed by atoms with E-state index in [1.807, 2.05) is 19.1 Å². The van der Waals surface area contributed by atoms with E-state index in [2.05, 4.69) is 30.5 Å². The first-order valence-electron chi connectivity index (χ1n) is 9.31. The molecule has 0 saturated carbocycles. The van der Waals surface area contributed by atoms with Crippen LogP contribution in [0.4, 0.5) is 16.3 Å². The van der Waals surface area contributed by atoms with Crippen LogP contribution in [0.1, 0.15) is 18.4 Å². The number of pyridine rings is 1. The maximum absolute atomic E-state index is 12.5. The van der Waals surface area contributed by atoms with Gasteiger partial charge in [0.05, 0.1) is 11.7 Å². The summed E-state index contributed by atoms with van der Waals surface area (Å²) in [5.41, 5.74) is 2.08. The molecule has 1 atom stereocenters. The van der Waals surface area contributed by atoms with E-state index in [0.717, 1.165) is 36.2 Å². The highest BCUT2D eigenvalue weighted by Crippen LogP contribution is 2.20. The van der Waals surface area contributed by atoms with Crippen LogP contribution in [-0.4, -0.2) is 40.1 Å². The number of hydrogen-bond donors (Lipinski definition) is 3. The fourth-order valence-corrected chi connectivity index (χ4v) is 3.62. The minimum atomic E-state index is -0.264. The van der Waals surface area contributed by atoms with Crippen molar-refractivity contribution in [3.8, 4) is 0 Å². The smallest absolute Gasteiger partial charge is 0.319 e. The molecule has 144 valence electrons. The molecule has 1 fully saturated rings. The van der Waals surface area contributed by atoms with E-state index < -0.39 is 0 Å². The number of benzene rings is 1. The minimum Gasteiger partial charge on any atom is -0.353 e. The molecular weight excluding hydrogens is 356 g/mol.